The van der Waals surface area contributed by atoms with Gasteiger partial charge in [-0.25, -0.2) is 4.98 Å². The summed E-state index contributed by atoms with van der Waals surface area (Å²) in [6.45, 7) is 3.03. The number of nitrogens with one attached hydrogen (secondary N) is 1. The minimum atomic E-state index is 0.215. The molecule has 3 aromatic rings. The molecule has 10 heteroatoms. The molecular formula is C18H22ClN9. The predicted molar refractivity (Wildman–Crippen MR) is 107 cm³/mol. The average Bonchev–Trinajstić information content (AvgIpc) is 3.21. The van der Waals surface area contributed by atoms with Gasteiger partial charge in [0.2, 0.25) is 0 Å². The van der Waals surface area contributed by atoms with Crippen molar-refractivity contribution in [3.63, 3.8) is 0 Å². The van der Waals surface area contributed by atoms with Crippen molar-refractivity contribution in [2.75, 3.05) is 24.1 Å². The van der Waals surface area contributed by atoms with Gasteiger partial charge >= 0.3 is 0 Å². The topological polar surface area (TPSA) is 136 Å². The SMILES string of the molecule is Cc1nn2c(N)c(C#N)c(NCCc3ccn(C4CCC4CN)n3)nc2c1Cl. The molecule has 1 saturated carbocycles. The summed E-state index contributed by atoms with van der Waals surface area (Å²) in [5.41, 5.74) is 14.1. The second-order valence-corrected chi connectivity index (χ2v) is 7.45. The van der Waals surface area contributed by atoms with Crippen LogP contribution in [0, 0.1) is 24.2 Å². The molecule has 0 saturated heterocycles. The second kappa shape index (κ2) is 7.30. The van der Waals surface area contributed by atoms with Crippen molar-refractivity contribution in [3.05, 3.63) is 34.2 Å². The summed E-state index contributed by atoms with van der Waals surface area (Å²) in [7, 11) is 0. The third kappa shape index (κ3) is 3.04. The number of hydrogen-bond acceptors (Lipinski definition) is 7. The van der Waals surface area contributed by atoms with Crippen LogP contribution in [0.3, 0.4) is 0 Å². The van der Waals surface area contributed by atoms with Crippen molar-refractivity contribution in [1.82, 2.24) is 24.4 Å². The highest BCUT2D eigenvalue weighted by Gasteiger charge is 2.31. The third-order valence-corrected chi connectivity index (χ3v) is 5.81. The van der Waals surface area contributed by atoms with Crippen LogP contribution in [0.4, 0.5) is 11.6 Å². The van der Waals surface area contributed by atoms with Crippen LogP contribution in [-0.2, 0) is 6.42 Å². The molecule has 0 spiro atoms. The van der Waals surface area contributed by atoms with Crippen molar-refractivity contribution in [1.29, 1.82) is 5.26 Å². The molecule has 0 aliphatic heterocycles. The molecule has 1 fully saturated rings. The number of nitrogen functional groups attached to an aromatic ring is 1. The van der Waals surface area contributed by atoms with Gasteiger partial charge < -0.3 is 16.8 Å². The van der Waals surface area contributed by atoms with Crippen molar-refractivity contribution in [2.45, 2.75) is 32.2 Å². The number of nitrogens with two attached hydrogens (primary N) is 2. The maximum absolute atomic E-state index is 9.49. The predicted octanol–water partition coefficient (Wildman–Crippen LogP) is 1.91. The quantitative estimate of drug-likeness (QED) is 0.575. The van der Waals surface area contributed by atoms with E-state index in [9.17, 15) is 5.26 Å². The van der Waals surface area contributed by atoms with E-state index in [1.807, 2.05) is 16.9 Å². The summed E-state index contributed by atoms with van der Waals surface area (Å²) in [5, 5.41) is 22.0. The smallest absolute Gasteiger partial charge is 0.178 e. The lowest BCUT2D eigenvalue weighted by atomic mass is 9.80. The van der Waals surface area contributed by atoms with Gasteiger partial charge in [-0.2, -0.15) is 20.0 Å². The lowest BCUT2D eigenvalue weighted by Crippen LogP contribution is -2.34. The number of rotatable bonds is 6. The van der Waals surface area contributed by atoms with Crippen molar-refractivity contribution in [2.24, 2.45) is 11.7 Å². The first kappa shape index (κ1) is 18.5. The van der Waals surface area contributed by atoms with Crippen LogP contribution in [0.2, 0.25) is 5.02 Å². The Morgan fingerprint density at radius 2 is 2.21 bits per heavy atom. The maximum atomic E-state index is 9.49. The summed E-state index contributed by atoms with van der Waals surface area (Å²) >= 11 is 6.25. The van der Waals surface area contributed by atoms with E-state index in [0.717, 1.165) is 12.1 Å². The average molecular weight is 400 g/mol. The van der Waals surface area contributed by atoms with E-state index < -0.39 is 0 Å². The molecule has 28 heavy (non-hydrogen) atoms. The molecule has 0 aromatic carbocycles. The molecule has 5 N–H and O–H groups in total. The van der Waals surface area contributed by atoms with Gasteiger partial charge in [-0.15, -0.1) is 0 Å². The molecule has 146 valence electrons. The fourth-order valence-corrected chi connectivity index (χ4v) is 3.73. The Bertz CT molecular complexity index is 1060. The Morgan fingerprint density at radius 1 is 1.39 bits per heavy atom. The van der Waals surface area contributed by atoms with Gasteiger partial charge in [0.15, 0.2) is 5.65 Å². The molecule has 3 heterocycles. The van der Waals surface area contributed by atoms with E-state index in [-0.39, 0.29) is 11.4 Å². The number of anilines is 2. The largest absolute Gasteiger partial charge is 0.382 e. The lowest BCUT2D eigenvalue weighted by Gasteiger charge is -2.35. The van der Waals surface area contributed by atoms with E-state index in [4.69, 9.17) is 23.1 Å². The highest BCUT2D eigenvalue weighted by Crippen LogP contribution is 2.37. The van der Waals surface area contributed by atoms with Crippen LogP contribution in [0.5, 0.6) is 0 Å². The number of nitrogens with zero attached hydrogens (tertiary/aromatic N) is 6. The fourth-order valence-electron chi connectivity index (χ4n) is 3.57. The standard InChI is InChI=1S/C18H22ClN9/c1-10-15(19)18-24-17(13(9-21)16(22)28(18)25-10)23-6-4-12-5-7-27(26-12)14-3-2-11(14)8-20/h5,7,11,14H,2-4,6,8,20,22H2,1H3,(H,23,24). The molecule has 0 bridgehead atoms. The number of nitriles is 1. The molecule has 9 nitrogen and oxygen atoms in total. The first-order valence-electron chi connectivity index (χ1n) is 9.25. The zero-order valence-electron chi connectivity index (χ0n) is 15.6. The monoisotopic (exact) mass is 399 g/mol. The molecule has 0 amide bonds. The summed E-state index contributed by atoms with van der Waals surface area (Å²) in [6, 6.07) is 4.52. The van der Waals surface area contributed by atoms with Gasteiger partial charge in [0.1, 0.15) is 28.3 Å². The summed E-state index contributed by atoms with van der Waals surface area (Å²) < 4.78 is 3.42. The van der Waals surface area contributed by atoms with Crippen LogP contribution < -0.4 is 16.8 Å². The van der Waals surface area contributed by atoms with Crippen LogP contribution in [0.25, 0.3) is 5.65 Å². The van der Waals surface area contributed by atoms with Gasteiger partial charge in [-0.3, -0.25) is 4.68 Å². The summed E-state index contributed by atoms with van der Waals surface area (Å²) in [4.78, 5) is 4.45. The van der Waals surface area contributed by atoms with Gasteiger partial charge in [-0.05, 0) is 38.3 Å². The van der Waals surface area contributed by atoms with Crippen LogP contribution in [0.1, 0.15) is 35.8 Å². The minimum absolute atomic E-state index is 0.215. The van der Waals surface area contributed by atoms with E-state index >= 15 is 0 Å². The Hall–Kier alpha value is -2.83. The summed E-state index contributed by atoms with van der Waals surface area (Å²) in [6.07, 6.45) is 5.00. The van der Waals surface area contributed by atoms with Crippen molar-refractivity contribution < 1.29 is 0 Å². The lowest BCUT2D eigenvalue weighted by molar-refractivity contribution is 0.173. The van der Waals surface area contributed by atoms with E-state index in [1.165, 1.54) is 10.9 Å². The van der Waals surface area contributed by atoms with E-state index in [1.54, 1.807) is 6.92 Å². The number of aryl methyl sites for hydroxylation is 1. The molecule has 4 rings (SSSR count). The van der Waals surface area contributed by atoms with E-state index in [0.29, 0.717) is 53.7 Å². The van der Waals surface area contributed by atoms with Crippen molar-refractivity contribution in [3.8, 4) is 6.07 Å². The highest BCUT2D eigenvalue weighted by atomic mass is 35.5. The fraction of sp³-hybridized carbons (Fsp3) is 0.444. The number of halogens is 1. The van der Waals surface area contributed by atoms with Crippen LogP contribution in [0.15, 0.2) is 12.3 Å². The third-order valence-electron chi connectivity index (χ3n) is 5.37. The number of aromatic nitrogens is 5. The minimum Gasteiger partial charge on any atom is -0.382 e. The molecular weight excluding hydrogens is 378 g/mol. The van der Waals surface area contributed by atoms with E-state index in [2.05, 4.69) is 26.6 Å². The molecule has 1 aliphatic carbocycles. The molecule has 3 aromatic heterocycles. The Kier molecular flexibility index (Phi) is 4.83. The van der Waals surface area contributed by atoms with Gasteiger partial charge in [0.25, 0.3) is 0 Å². The van der Waals surface area contributed by atoms with Crippen molar-refractivity contribution >= 4 is 28.9 Å². The zero-order valence-corrected chi connectivity index (χ0v) is 16.3. The molecule has 2 unspecified atom stereocenters. The maximum Gasteiger partial charge on any atom is 0.178 e. The number of fused-ring (bicyclic) bond motifs is 1. The number of hydrogen-bond donors (Lipinski definition) is 3. The first-order valence-corrected chi connectivity index (χ1v) is 9.63. The van der Waals surface area contributed by atoms with Crippen LogP contribution in [-0.4, -0.2) is 37.5 Å². The molecule has 2 atom stereocenters. The molecule has 0 radical (unpaired) electrons. The second-order valence-electron chi connectivity index (χ2n) is 7.07. The Morgan fingerprint density at radius 3 is 2.89 bits per heavy atom. The normalized spacial score (nSPS) is 18.8. The zero-order chi connectivity index (χ0) is 19.8. The Balaban J connectivity index is 1.48. The molecule has 1 aliphatic rings. The van der Waals surface area contributed by atoms with Gasteiger partial charge in [0, 0.05) is 19.2 Å². The van der Waals surface area contributed by atoms with Crippen LogP contribution >= 0.6 is 11.6 Å². The van der Waals surface area contributed by atoms with Gasteiger partial charge in [-0.1, -0.05) is 11.6 Å². The van der Waals surface area contributed by atoms with Gasteiger partial charge in [0.05, 0.1) is 17.4 Å². The highest BCUT2D eigenvalue weighted by molar-refractivity contribution is 6.34. The first-order chi connectivity index (χ1) is 13.5. The Labute approximate surface area is 167 Å². The summed E-state index contributed by atoms with van der Waals surface area (Å²) in [5.74, 6) is 1.13.